The molecule has 1 unspecified atom stereocenters. The van der Waals surface area contributed by atoms with Crippen molar-refractivity contribution in [3.8, 4) is 0 Å². The Balaban J connectivity index is 2.15. The van der Waals surface area contributed by atoms with Gasteiger partial charge in [-0.2, -0.15) is 0 Å². The monoisotopic (exact) mass is 428 g/mol. The predicted molar refractivity (Wildman–Crippen MR) is 84.9 cm³/mol. The zero-order valence-electron chi connectivity index (χ0n) is 14.6. The van der Waals surface area contributed by atoms with Crippen molar-refractivity contribution in [3.63, 3.8) is 0 Å². The minimum atomic E-state index is -3.65. The Morgan fingerprint density at radius 3 is 2.45 bits per heavy atom. The van der Waals surface area contributed by atoms with Gasteiger partial charge in [-0.1, -0.05) is 0 Å². The normalized spacial score (nSPS) is 43.1. The first-order valence-electron chi connectivity index (χ1n) is 8.42. The molecular weight excluding hydrogens is 409 g/mol. The number of rotatable bonds is 4. The SMILES string of the molecule is O=c1ccn([C@]2(C3OC[C@](O)(C(F)F)[C@H](F)[C@H]3O)O[C@H](CO)[C@@H](O)[C@H]2O)c(=O)[nH]1. The molecule has 164 valence electrons. The fourth-order valence-electron chi connectivity index (χ4n) is 3.64. The van der Waals surface area contributed by atoms with Crippen LogP contribution in [0.3, 0.4) is 0 Å². The van der Waals surface area contributed by atoms with Gasteiger partial charge >= 0.3 is 5.69 Å². The van der Waals surface area contributed by atoms with Crippen molar-refractivity contribution < 1.29 is 48.2 Å². The summed E-state index contributed by atoms with van der Waals surface area (Å²) in [5.41, 5.74) is -8.12. The van der Waals surface area contributed by atoms with Gasteiger partial charge in [-0.3, -0.25) is 14.3 Å². The van der Waals surface area contributed by atoms with Crippen LogP contribution in [-0.2, 0) is 15.2 Å². The van der Waals surface area contributed by atoms with E-state index < -0.39 is 78.9 Å². The number of hydrogen-bond donors (Lipinski definition) is 6. The van der Waals surface area contributed by atoms with E-state index in [0.29, 0.717) is 4.57 Å². The highest BCUT2D eigenvalue weighted by atomic mass is 19.3. The molecule has 2 fully saturated rings. The maximum atomic E-state index is 14.6. The van der Waals surface area contributed by atoms with Gasteiger partial charge in [0.1, 0.15) is 30.5 Å². The molecule has 0 aliphatic carbocycles. The molecule has 6 N–H and O–H groups in total. The highest BCUT2D eigenvalue weighted by Crippen LogP contribution is 2.44. The summed E-state index contributed by atoms with van der Waals surface area (Å²) in [6, 6.07) is 0.801. The minimum absolute atomic E-state index is 0.477. The number of aliphatic hydroxyl groups is 5. The van der Waals surface area contributed by atoms with Crippen LogP contribution in [0.5, 0.6) is 0 Å². The first-order valence-corrected chi connectivity index (χ1v) is 8.42. The number of aromatic amines is 1. The van der Waals surface area contributed by atoms with Gasteiger partial charge in [-0.05, 0) is 0 Å². The fraction of sp³-hybridized carbons (Fsp3) is 0.733. The lowest BCUT2D eigenvalue weighted by Gasteiger charge is -2.48. The van der Waals surface area contributed by atoms with Crippen LogP contribution in [0.4, 0.5) is 13.2 Å². The summed E-state index contributed by atoms with van der Waals surface area (Å²) in [5, 5.41) is 50.2. The van der Waals surface area contributed by atoms with Crippen LogP contribution in [0, 0.1) is 0 Å². The lowest BCUT2D eigenvalue weighted by Crippen LogP contribution is -2.71. The maximum absolute atomic E-state index is 14.6. The molecule has 8 atom stereocenters. The standard InChI is InChI=1S/C15H19F3N2O9/c16-9-8(24)11(28-4-14(9,27)12(17)18)15(10(25)7(23)5(3-21)29-15)20-2-1-6(22)19-13(20)26/h1-2,5,7-12,21,23-25,27H,3-4H2,(H,19,22,26)/t5-,7-,8-,9-,10-,11?,14-,15+/m1/s1. The van der Waals surface area contributed by atoms with Gasteiger partial charge in [-0.25, -0.2) is 18.0 Å². The highest BCUT2D eigenvalue weighted by molar-refractivity contribution is 5.11. The highest BCUT2D eigenvalue weighted by Gasteiger charge is 2.67. The summed E-state index contributed by atoms with van der Waals surface area (Å²) in [5.74, 6) is 0. The summed E-state index contributed by atoms with van der Waals surface area (Å²) < 4.78 is 51.6. The average molecular weight is 428 g/mol. The Morgan fingerprint density at radius 2 is 1.93 bits per heavy atom. The zero-order valence-corrected chi connectivity index (χ0v) is 14.6. The second-order valence-corrected chi connectivity index (χ2v) is 6.92. The van der Waals surface area contributed by atoms with E-state index in [2.05, 4.69) is 0 Å². The van der Waals surface area contributed by atoms with E-state index in [-0.39, 0.29) is 0 Å². The number of nitrogens with zero attached hydrogens (tertiary/aromatic N) is 1. The van der Waals surface area contributed by atoms with Crippen LogP contribution in [0.1, 0.15) is 0 Å². The largest absolute Gasteiger partial charge is 0.394 e. The van der Waals surface area contributed by atoms with Gasteiger partial charge in [0.15, 0.2) is 11.8 Å². The van der Waals surface area contributed by atoms with Gasteiger partial charge in [0.2, 0.25) is 5.72 Å². The first-order chi connectivity index (χ1) is 13.5. The molecule has 29 heavy (non-hydrogen) atoms. The third-order valence-electron chi connectivity index (χ3n) is 5.22. The molecule has 0 bridgehead atoms. The smallest absolute Gasteiger partial charge is 0.330 e. The van der Waals surface area contributed by atoms with Crippen molar-refractivity contribution >= 4 is 0 Å². The van der Waals surface area contributed by atoms with Crippen LogP contribution in [-0.4, -0.2) is 97.0 Å². The summed E-state index contributed by atoms with van der Waals surface area (Å²) in [6.07, 6.45) is -16.1. The molecule has 3 heterocycles. The molecule has 0 spiro atoms. The van der Waals surface area contributed by atoms with E-state index in [9.17, 15) is 48.3 Å². The Bertz CT molecular complexity index is 866. The molecule has 11 nitrogen and oxygen atoms in total. The van der Waals surface area contributed by atoms with Gasteiger partial charge in [0.05, 0.1) is 13.2 Å². The molecule has 2 aliphatic rings. The Labute approximate surface area is 159 Å². The van der Waals surface area contributed by atoms with Gasteiger partial charge in [0.25, 0.3) is 12.0 Å². The third-order valence-corrected chi connectivity index (χ3v) is 5.22. The summed E-state index contributed by atoms with van der Waals surface area (Å²) in [7, 11) is 0. The van der Waals surface area contributed by atoms with Crippen LogP contribution < -0.4 is 11.2 Å². The summed E-state index contributed by atoms with van der Waals surface area (Å²) in [6.45, 7) is -2.25. The van der Waals surface area contributed by atoms with E-state index in [1.165, 1.54) is 0 Å². The molecule has 2 aliphatic heterocycles. The number of alkyl halides is 3. The predicted octanol–water partition coefficient (Wildman–Crippen LogP) is -3.60. The second-order valence-electron chi connectivity index (χ2n) is 6.92. The van der Waals surface area contributed by atoms with Gasteiger partial charge < -0.3 is 35.0 Å². The molecule has 2 saturated heterocycles. The Morgan fingerprint density at radius 1 is 1.28 bits per heavy atom. The molecule has 0 aromatic carbocycles. The number of aromatic nitrogens is 2. The molecule has 0 radical (unpaired) electrons. The second kappa shape index (κ2) is 7.46. The first kappa shape index (κ1) is 21.9. The van der Waals surface area contributed by atoms with Crippen molar-refractivity contribution in [2.45, 2.75) is 54.4 Å². The average Bonchev–Trinajstić information content (AvgIpc) is 2.91. The maximum Gasteiger partial charge on any atom is 0.330 e. The van der Waals surface area contributed by atoms with Gasteiger partial charge in [0, 0.05) is 12.3 Å². The number of hydrogen-bond acceptors (Lipinski definition) is 9. The van der Waals surface area contributed by atoms with Crippen molar-refractivity contribution in [3.05, 3.63) is 33.1 Å². The third kappa shape index (κ3) is 3.11. The van der Waals surface area contributed by atoms with Crippen LogP contribution >= 0.6 is 0 Å². The van der Waals surface area contributed by atoms with Crippen LogP contribution in [0.25, 0.3) is 0 Å². The fourth-order valence-corrected chi connectivity index (χ4v) is 3.64. The van der Waals surface area contributed by atoms with Crippen molar-refractivity contribution in [2.24, 2.45) is 0 Å². The van der Waals surface area contributed by atoms with E-state index >= 15 is 0 Å². The van der Waals surface area contributed by atoms with Crippen molar-refractivity contribution in [2.75, 3.05) is 13.2 Å². The minimum Gasteiger partial charge on any atom is -0.394 e. The van der Waals surface area contributed by atoms with E-state index in [4.69, 9.17) is 9.47 Å². The number of aliphatic hydroxyl groups excluding tert-OH is 4. The summed E-state index contributed by atoms with van der Waals surface area (Å²) >= 11 is 0. The quantitative estimate of drug-likeness (QED) is 0.283. The molecule has 0 amide bonds. The number of nitrogens with one attached hydrogen (secondary N) is 1. The zero-order chi connectivity index (χ0) is 21.7. The summed E-state index contributed by atoms with van der Waals surface area (Å²) in [4.78, 5) is 25.5. The van der Waals surface area contributed by atoms with Crippen molar-refractivity contribution in [1.82, 2.24) is 9.55 Å². The van der Waals surface area contributed by atoms with Crippen LogP contribution in [0.2, 0.25) is 0 Å². The topological polar surface area (TPSA) is 174 Å². The lowest BCUT2D eigenvalue weighted by atomic mass is 9.83. The lowest BCUT2D eigenvalue weighted by molar-refractivity contribution is -0.314. The molecule has 3 rings (SSSR count). The Hall–Kier alpha value is -1.81. The molecule has 1 aromatic rings. The van der Waals surface area contributed by atoms with Crippen LogP contribution in [0.15, 0.2) is 21.9 Å². The number of halogens is 3. The molecular formula is C15H19F3N2O9. The van der Waals surface area contributed by atoms with Gasteiger partial charge in [-0.15, -0.1) is 0 Å². The van der Waals surface area contributed by atoms with E-state index in [1.807, 2.05) is 4.98 Å². The molecule has 1 aromatic heterocycles. The van der Waals surface area contributed by atoms with Crippen molar-refractivity contribution in [1.29, 1.82) is 0 Å². The molecule has 0 saturated carbocycles. The van der Waals surface area contributed by atoms with E-state index in [1.54, 1.807) is 0 Å². The number of H-pyrrole nitrogens is 1. The van der Waals surface area contributed by atoms with E-state index in [0.717, 1.165) is 12.3 Å². The Kier molecular flexibility index (Phi) is 5.63. The molecule has 14 heteroatoms. The number of ether oxygens (including phenoxy) is 2.